The van der Waals surface area contributed by atoms with Crippen LogP contribution in [0.25, 0.3) is 0 Å². The van der Waals surface area contributed by atoms with Crippen LogP contribution in [0.15, 0.2) is 53.9 Å². The number of benzene rings is 1. The second-order valence-electron chi connectivity index (χ2n) is 7.12. The first-order valence-corrected chi connectivity index (χ1v) is 10.6. The smallest absolute Gasteiger partial charge is 0.246 e. The molecule has 3 N–H and O–H groups in total. The molecule has 1 aliphatic heterocycles. The van der Waals surface area contributed by atoms with Gasteiger partial charge in [0.2, 0.25) is 11.8 Å². The Kier molecular flexibility index (Phi) is 7.01. The molecule has 0 bridgehead atoms. The summed E-state index contributed by atoms with van der Waals surface area (Å²) in [5, 5.41) is 4.95. The molecule has 0 spiro atoms. The third-order valence-electron chi connectivity index (χ3n) is 4.89. The van der Waals surface area contributed by atoms with Gasteiger partial charge in [0.25, 0.3) is 0 Å². The van der Waals surface area contributed by atoms with Crippen LogP contribution in [-0.2, 0) is 29.1 Å². The van der Waals surface area contributed by atoms with E-state index in [1.54, 1.807) is 23.5 Å². The molecule has 6 heteroatoms. The Morgan fingerprint density at radius 2 is 1.93 bits per heavy atom. The number of carbonyl (C=O) groups is 2. The average Bonchev–Trinajstić information content (AvgIpc) is 3.35. The minimum absolute atomic E-state index is 0.0329. The molecule has 3 rings (SSSR count). The molecule has 1 aliphatic rings. The van der Waals surface area contributed by atoms with Crippen molar-refractivity contribution < 1.29 is 9.59 Å². The zero-order chi connectivity index (χ0) is 19.9. The highest BCUT2D eigenvalue weighted by Crippen LogP contribution is 2.22. The van der Waals surface area contributed by atoms with Crippen molar-refractivity contribution in [2.45, 2.75) is 51.4 Å². The van der Waals surface area contributed by atoms with Crippen molar-refractivity contribution in [3.05, 3.63) is 69.9 Å². The van der Waals surface area contributed by atoms with Gasteiger partial charge in [-0.3, -0.25) is 9.59 Å². The van der Waals surface area contributed by atoms with Gasteiger partial charge in [-0.05, 0) is 29.0 Å². The SMILES string of the molecule is CCCC(C=CC(=O)N1Cc2ccccc2C1)NC(=O)C(N)Cc1cccs1. The second-order valence-corrected chi connectivity index (χ2v) is 8.15. The van der Waals surface area contributed by atoms with Crippen LogP contribution in [0.4, 0.5) is 0 Å². The lowest BCUT2D eigenvalue weighted by Crippen LogP contribution is -2.45. The number of nitrogens with two attached hydrogens (primary N) is 1. The van der Waals surface area contributed by atoms with Gasteiger partial charge in [-0.2, -0.15) is 0 Å². The molecule has 2 heterocycles. The van der Waals surface area contributed by atoms with E-state index in [1.165, 1.54) is 11.1 Å². The molecule has 1 aromatic heterocycles. The van der Waals surface area contributed by atoms with Crippen molar-refractivity contribution in [1.82, 2.24) is 10.2 Å². The summed E-state index contributed by atoms with van der Waals surface area (Å²) in [5.74, 6) is -0.216. The highest BCUT2D eigenvalue weighted by atomic mass is 32.1. The number of hydrogen-bond acceptors (Lipinski definition) is 4. The number of thiophene rings is 1. The Morgan fingerprint density at radius 3 is 2.54 bits per heavy atom. The molecule has 0 saturated heterocycles. The zero-order valence-corrected chi connectivity index (χ0v) is 17.0. The van der Waals surface area contributed by atoms with Crippen LogP contribution < -0.4 is 11.1 Å². The van der Waals surface area contributed by atoms with E-state index in [2.05, 4.69) is 24.4 Å². The molecule has 28 heavy (non-hydrogen) atoms. The Hall–Kier alpha value is -2.44. The van der Waals surface area contributed by atoms with Gasteiger partial charge in [-0.1, -0.05) is 49.8 Å². The van der Waals surface area contributed by atoms with E-state index < -0.39 is 6.04 Å². The minimum Gasteiger partial charge on any atom is -0.349 e. The highest BCUT2D eigenvalue weighted by molar-refractivity contribution is 7.09. The van der Waals surface area contributed by atoms with Gasteiger partial charge in [0.1, 0.15) is 0 Å². The summed E-state index contributed by atoms with van der Waals surface area (Å²) in [5.41, 5.74) is 8.45. The van der Waals surface area contributed by atoms with Crippen LogP contribution in [0, 0.1) is 0 Å². The van der Waals surface area contributed by atoms with E-state index in [1.807, 2.05) is 34.5 Å². The normalized spacial score (nSPS) is 15.4. The van der Waals surface area contributed by atoms with E-state index >= 15 is 0 Å². The predicted octanol–water partition coefficient (Wildman–Crippen LogP) is 3.00. The fourth-order valence-corrected chi connectivity index (χ4v) is 4.11. The lowest BCUT2D eigenvalue weighted by atomic mass is 10.1. The van der Waals surface area contributed by atoms with Crippen LogP contribution in [0.1, 0.15) is 35.8 Å². The Morgan fingerprint density at radius 1 is 1.21 bits per heavy atom. The predicted molar refractivity (Wildman–Crippen MR) is 113 cm³/mol. The fraction of sp³-hybridized carbons (Fsp3) is 0.364. The molecule has 2 atom stereocenters. The molecule has 0 radical (unpaired) electrons. The average molecular weight is 398 g/mol. The third-order valence-corrected chi connectivity index (χ3v) is 5.79. The molecule has 5 nitrogen and oxygen atoms in total. The van der Waals surface area contributed by atoms with Crippen molar-refractivity contribution in [2.75, 3.05) is 0 Å². The van der Waals surface area contributed by atoms with E-state index in [0.717, 1.165) is 17.7 Å². The third kappa shape index (κ3) is 5.30. The monoisotopic (exact) mass is 397 g/mol. The van der Waals surface area contributed by atoms with Gasteiger partial charge in [0.05, 0.1) is 6.04 Å². The standard InChI is InChI=1S/C22H27N3O2S/c1-2-6-18(24-22(27)20(23)13-19-9-5-12-28-19)10-11-21(26)25-14-16-7-3-4-8-17(16)15-25/h3-5,7-12,18,20H,2,6,13-15,23H2,1H3,(H,24,27). The summed E-state index contributed by atoms with van der Waals surface area (Å²) in [6.07, 6.45) is 5.57. The molecule has 1 aromatic carbocycles. The lowest BCUT2D eigenvalue weighted by molar-refractivity contribution is -0.126. The summed E-state index contributed by atoms with van der Waals surface area (Å²) < 4.78 is 0. The molecular weight excluding hydrogens is 370 g/mol. The van der Waals surface area contributed by atoms with Crippen molar-refractivity contribution in [2.24, 2.45) is 5.73 Å². The molecule has 0 saturated carbocycles. The molecular formula is C22H27N3O2S. The molecule has 0 fully saturated rings. The first-order valence-electron chi connectivity index (χ1n) is 9.69. The van der Waals surface area contributed by atoms with E-state index in [-0.39, 0.29) is 17.9 Å². The van der Waals surface area contributed by atoms with Crippen LogP contribution in [0.5, 0.6) is 0 Å². The maximum Gasteiger partial charge on any atom is 0.246 e. The number of rotatable bonds is 8. The lowest BCUT2D eigenvalue weighted by Gasteiger charge is -2.18. The Labute approximate surface area is 170 Å². The first kappa shape index (κ1) is 20.3. The largest absolute Gasteiger partial charge is 0.349 e. The van der Waals surface area contributed by atoms with Crippen LogP contribution in [-0.4, -0.2) is 28.8 Å². The van der Waals surface area contributed by atoms with Gasteiger partial charge < -0.3 is 16.0 Å². The topological polar surface area (TPSA) is 75.4 Å². The Bertz CT molecular complexity index is 807. The summed E-state index contributed by atoms with van der Waals surface area (Å²) in [6, 6.07) is 11.3. The number of carbonyl (C=O) groups excluding carboxylic acids is 2. The van der Waals surface area contributed by atoms with Crippen molar-refractivity contribution in [3.63, 3.8) is 0 Å². The van der Waals surface area contributed by atoms with Crippen molar-refractivity contribution in [1.29, 1.82) is 0 Å². The van der Waals surface area contributed by atoms with Crippen LogP contribution in [0.2, 0.25) is 0 Å². The van der Waals surface area contributed by atoms with Gasteiger partial charge in [0, 0.05) is 36.5 Å². The summed E-state index contributed by atoms with van der Waals surface area (Å²) in [7, 11) is 0. The summed E-state index contributed by atoms with van der Waals surface area (Å²) >= 11 is 1.60. The maximum absolute atomic E-state index is 12.6. The minimum atomic E-state index is -0.588. The van der Waals surface area contributed by atoms with Crippen LogP contribution >= 0.6 is 11.3 Å². The van der Waals surface area contributed by atoms with Crippen molar-refractivity contribution in [3.8, 4) is 0 Å². The summed E-state index contributed by atoms with van der Waals surface area (Å²) in [6.45, 7) is 3.32. The first-order chi connectivity index (χ1) is 13.6. The number of fused-ring (bicyclic) bond motifs is 1. The van der Waals surface area contributed by atoms with Gasteiger partial charge in [-0.15, -0.1) is 11.3 Å². The molecule has 2 unspecified atom stereocenters. The Balaban J connectivity index is 1.55. The van der Waals surface area contributed by atoms with Gasteiger partial charge in [-0.25, -0.2) is 0 Å². The van der Waals surface area contributed by atoms with Gasteiger partial charge >= 0.3 is 0 Å². The number of nitrogens with one attached hydrogen (secondary N) is 1. The number of nitrogens with zero attached hydrogens (tertiary/aromatic N) is 1. The molecule has 2 amide bonds. The quantitative estimate of drug-likeness (QED) is 0.673. The van der Waals surface area contributed by atoms with Gasteiger partial charge in [0.15, 0.2) is 0 Å². The summed E-state index contributed by atoms with van der Waals surface area (Å²) in [4.78, 5) is 27.9. The van der Waals surface area contributed by atoms with Crippen LogP contribution in [0.3, 0.4) is 0 Å². The second kappa shape index (κ2) is 9.66. The van der Waals surface area contributed by atoms with E-state index in [4.69, 9.17) is 5.73 Å². The van der Waals surface area contributed by atoms with E-state index in [9.17, 15) is 9.59 Å². The maximum atomic E-state index is 12.6. The van der Waals surface area contributed by atoms with E-state index in [0.29, 0.717) is 19.5 Å². The molecule has 2 aromatic rings. The van der Waals surface area contributed by atoms with Crippen molar-refractivity contribution >= 4 is 23.2 Å². The molecule has 148 valence electrons. The molecule has 0 aliphatic carbocycles. The number of hydrogen-bond donors (Lipinski definition) is 2. The fourth-order valence-electron chi connectivity index (χ4n) is 3.35. The number of amides is 2. The highest BCUT2D eigenvalue weighted by Gasteiger charge is 2.22. The zero-order valence-electron chi connectivity index (χ0n) is 16.1.